The molecule has 34 heavy (non-hydrogen) atoms. The molecule has 5 rings (SSSR count). The average Bonchev–Trinajstić information content (AvgIpc) is 3.16. The minimum absolute atomic E-state index is 0.101. The molecule has 0 saturated heterocycles. The first-order chi connectivity index (χ1) is 16.5. The predicted octanol–water partition coefficient (Wildman–Crippen LogP) is 4.97. The first-order valence-corrected chi connectivity index (χ1v) is 12.0. The van der Waals surface area contributed by atoms with Crippen LogP contribution in [0.5, 0.6) is 0 Å². The maximum Gasteiger partial charge on any atom is 0.336 e. The summed E-state index contributed by atoms with van der Waals surface area (Å²) < 4.78 is 12.9. The Kier molecular flexibility index (Phi) is 6.00. The van der Waals surface area contributed by atoms with Crippen LogP contribution >= 0.6 is 0 Å². The number of rotatable bonds is 6. The number of ketones is 1. The van der Waals surface area contributed by atoms with Crippen LogP contribution in [-0.4, -0.2) is 36.6 Å². The van der Waals surface area contributed by atoms with Crippen LogP contribution in [0.15, 0.2) is 65.0 Å². The molecule has 0 radical (unpaired) electrons. The van der Waals surface area contributed by atoms with Gasteiger partial charge >= 0.3 is 5.97 Å². The highest BCUT2D eigenvalue weighted by molar-refractivity contribution is 6.09. The van der Waals surface area contributed by atoms with Crippen molar-refractivity contribution < 1.29 is 19.1 Å². The maximum atomic E-state index is 13.3. The summed E-state index contributed by atoms with van der Waals surface area (Å²) in [5.41, 5.74) is 6.16. The number of benzene rings is 2. The highest BCUT2D eigenvalue weighted by Gasteiger charge is 2.39. The largest absolute Gasteiger partial charge is 0.460 e. The fourth-order valence-corrected chi connectivity index (χ4v) is 5.47. The van der Waals surface area contributed by atoms with E-state index in [2.05, 4.69) is 53.2 Å². The number of Topliss-reactive ketones (excluding diaryl/α,β-unsaturated/α-hetero) is 1. The minimum Gasteiger partial charge on any atom is -0.460 e. The zero-order valence-corrected chi connectivity index (χ0v) is 19.9. The van der Waals surface area contributed by atoms with Gasteiger partial charge in [0.2, 0.25) is 0 Å². The Morgan fingerprint density at radius 2 is 1.88 bits per heavy atom. The number of nitrogens with zero attached hydrogens (tertiary/aromatic N) is 1. The van der Waals surface area contributed by atoms with Crippen molar-refractivity contribution >= 4 is 33.6 Å². The molecule has 0 fully saturated rings. The molecule has 176 valence electrons. The maximum absolute atomic E-state index is 13.3. The Morgan fingerprint density at radius 3 is 2.68 bits per heavy atom. The van der Waals surface area contributed by atoms with Crippen molar-refractivity contribution in [2.24, 2.45) is 0 Å². The summed E-state index contributed by atoms with van der Waals surface area (Å²) in [5, 5.41) is 5.65. The number of para-hydroxylation sites is 1. The van der Waals surface area contributed by atoms with Gasteiger partial charge in [-0.1, -0.05) is 24.3 Å². The quantitative estimate of drug-likeness (QED) is 0.417. The number of ether oxygens (including phenoxy) is 2. The molecule has 1 N–H and O–H groups in total. The molecular formula is C28H30N2O4. The molecule has 0 bridgehead atoms. The second kappa shape index (κ2) is 9.11. The Labute approximate surface area is 199 Å². The molecule has 0 saturated carbocycles. The molecular weight excluding hydrogens is 428 g/mol. The van der Waals surface area contributed by atoms with Crippen LogP contribution in [0.25, 0.3) is 21.8 Å². The molecule has 1 aliphatic heterocycles. The van der Waals surface area contributed by atoms with Gasteiger partial charge in [-0.25, -0.2) is 4.79 Å². The molecule has 0 spiro atoms. The minimum atomic E-state index is -0.452. The van der Waals surface area contributed by atoms with Gasteiger partial charge in [-0.05, 0) is 50.5 Å². The third kappa shape index (κ3) is 3.62. The van der Waals surface area contributed by atoms with Crippen molar-refractivity contribution in [1.82, 2.24) is 9.88 Å². The highest BCUT2D eigenvalue weighted by atomic mass is 16.6. The molecule has 2 aromatic carbocycles. The van der Waals surface area contributed by atoms with Gasteiger partial charge in [-0.2, -0.15) is 0 Å². The number of carbonyl (C=O) groups is 2. The van der Waals surface area contributed by atoms with Gasteiger partial charge in [0.15, 0.2) is 5.78 Å². The Bertz CT molecular complexity index is 1360. The summed E-state index contributed by atoms with van der Waals surface area (Å²) in [6.07, 6.45) is 2.12. The van der Waals surface area contributed by atoms with Crippen molar-refractivity contribution in [3.05, 3.63) is 70.6 Å². The van der Waals surface area contributed by atoms with Crippen molar-refractivity contribution in [2.45, 2.75) is 45.6 Å². The second-order valence-electron chi connectivity index (χ2n) is 8.93. The SMILES string of the molecule is CCn1c2ccccc2c2cc(C3C(C(=O)OCCOC)=C(C)NC4=C3C(=O)CCC4)ccc21. The van der Waals surface area contributed by atoms with Gasteiger partial charge in [0.25, 0.3) is 0 Å². The van der Waals surface area contributed by atoms with Crippen molar-refractivity contribution in [3.8, 4) is 0 Å². The molecule has 1 atom stereocenters. The van der Waals surface area contributed by atoms with Crippen molar-refractivity contribution in [2.75, 3.05) is 20.3 Å². The number of aryl methyl sites for hydroxylation is 1. The first-order valence-electron chi connectivity index (χ1n) is 12.0. The summed E-state index contributed by atoms with van der Waals surface area (Å²) in [5.74, 6) is -0.759. The predicted molar refractivity (Wildman–Crippen MR) is 132 cm³/mol. The molecule has 1 unspecified atom stereocenters. The lowest BCUT2D eigenvalue weighted by Gasteiger charge is -2.34. The molecule has 1 aliphatic carbocycles. The van der Waals surface area contributed by atoms with Crippen LogP contribution in [-0.2, 0) is 25.6 Å². The average molecular weight is 459 g/mol. The van der Waals surface area contributed by atoms with E-state index < -0.39 is 11.9 Å². The zero-order valence-electron chi connectivity index (χ0n) is 19.9. The molecule has 0 amide bonds. The fourth-order valence-electron chi connectivity index (χ4n) is 5.47. The second-order valence-corrected chi connectivity index (χ2v) is 8.93. The van der Waals surface area contributed by atoms with Crippen LogP contribution in [0, 0.1) is 0 Å². The Morgan fingerprint density at radius 1 is 1.09 bits per heavy atom. The van der Waals surface area contributed by atoms with Gasteiger partial charge in [-0.3, -0.25) is 4.79 Å². The van der Waals surface area contributed by atoms with Crippen LogP contribution in [0.3, 0.4) is 0 Å². The molecule has 1 aromatic heterocycles. The third-order valence-corrected chi connectivity index (χ3v) is 6.96. The van der Waals surface area contributed by atoms with E-state index in [1.807, 2.05) is 13.0 Å². The molecule has 3 aromatic rings. The normalized spacial score (nSPS) is 18.4. The van der Waals surface area contributed by atoms with E-state index in [0.29, 0.717) is 24.2 Å². The lowest BCUT2D eigenvalue weighted by atomic mass is 9.75. The van der Waals surface area contributed by atoms with Crippen LogP contribution < -0.4 is 5.32 Å². The topological polar surface area (TPSA) is 69.6 Å². The fraction of sp³-hybridized carbons (Fsp3) is 0.357. The lowest BCUT2D eigenvalue weighted by Crippen LogP contribution is -2.34. The number of methoxy groups -OCH3 is 1. The van der Waals surface area contributed by atoms with E-state index in [-0.39, 0.29) is 12.4 Å². The summed E-state index contributed by atoms with van der Waals surface area (Å²) in [7, 11) is 1.57. The standard InChI is InChI=1S/C28H30N2O4/c1-4-30-22-10-6-5-8-19(22)20-16-18(12-13-23(20)30)26-25(28(32)34-15-14-33-3)17(2)29-21-9-7-11-24(31)27(21)26/h5-6,8,10,12-13,16,26,29H,4,7,9,11,14-15H2,1-3H3. The highest BCUT2D eigenvalue weighted by Crippen LogP contribution is 2.44. The number of esters is 1. The van der Waals surface area contributed by atoms with Crippen LogP contribution in [0.2, 0.25) is 0 Å². The van der Waals surface area contributed by atoms with E-state index in [4.69, 9.17) is 9.47 Å². The monoisotopic (exact) mass is 458 g/mol. The molecule has 2 heterocycles. The number of allylic oxidation sites excluding steroid dienone is 3. The van der Waals surface area contributed by atoms with E-state index in [9.17, 15) is 9.59 Å². The summed E-state index contributed by atoms with van der Waals surface area (Å²) in [6, 6.07) is 14.7. The number of aromatic nitrogens is 1. The number of dihydropyridines is 1. The van der Waals surface area contributed by atoms with Gasteiger partial charge < -0.3 is 19.4 Å². The van der Waals surface area contributed by atoms with Crippen molar-refractivity contribution in [3.63, 3.8) is 0 Å². The van der Waals surface area contributed by atoms with Gasteiger partial charge in [0.1, 0.15) is 6.61 Å². The number of hydrogen-bond acceptors (Lipinski definition) is 5. The summed E-state index contributed by atoms with van der Waals surface area (Å²) >= 11 is 0. The lowest BCUT2D eigenvalue weighted by molar-refractivity contribution is -0.140. The van der Waals surface area contributed by atoms with E-state index in [1.54, 1.807) is 7.11 Å². The third-order valence-electron chi connectivity index (χ3n) is 6.96. The number of carbonyl (C=O) groups excluding carboxylic acids is 2. The Hall–Kier alpha value is -3.38. The molecule has 6 heteroatoms. The van der Waals surface area contributed by atoms with Gasteiger partial charge in [0, 0.05) is 64.8 Å². The smallest absolute Gasteiger partial charge is 0.336 e. The molecule has 2 aliphatic rings. The number of nitrogens with one attached hydrogen (secondary N) is 1. The number of hydrogen-bond donors (Lipinski definition) is 1. The number of fused-ring (bicyclic) bond motifs is 3. The van der Waals surface area contributed by atoms with E-state index in [1.165, 1.54) is 10.9 Å². The Balaban J connectivity index is 1.69. The van der Waals surface area contributed by atoms with Gasteiger partial charge in [-0.15, -0.1) is 0 Å². The van der Waals surface area contributed by atoms with Crippen molar-refractivity contribution in [1.29, 1.82) is 0 Å². The van der Waals surface area contributed by atoms with Crippen LogP contribution in [0.4, 0.5) is 0 Å². The van der Waals surface area contributed by atoms with Crippen LogP contribution in [0.1, 0.15) is 44.6 Å². The van der Waals surface area contributed by atoms with E-state index >= 15 is 0 Å². The zero-order chi connectivity index (χ0) is 23.8. The molecule has 6 nitrogen and oxygen atoms in total. The van der Waals surface area contributed by atoms with Gasteiger partial charge in [0.05, 0.1) is 12.2 Å². The summed E-state index contributed by atoms with van der Waals surface area (Å²) in [4.78, 5) is 26.4. The summed E-state index contributed by atoms with van der Waals surface area (Å²) in [6.45, 7) is 5.39. The van der Waals surface area contributed by atoms with E-state index in [0.717, 1.165) is 47.2 Å². The first kappa shape index (κ1) is 22.4.